The number of nitrogens with zero attached hydrogens (tertiary/aromatic N) is 2. The highest BCUT2D eigenvalue weighted by molar-refractivity contribution is 5.53. The molecule has 110 valence electrons. The van der Waals surface area contributed by atoms with Crippen LogP contribution in [0.4, 0.5) is 0 Å². The minimum absolute atomic E-state index is 0.654. The monoisotopic (exact) mass is 281 g/mol. The normalized spacial score (nSPS) is 17.1. The molecule has 1 aromatic carbocycles. The van der Waals surface area contributed by atoms with Gasteiger partial charge in [0.1, 0.15) is 0 Å². The van der Waals surface area contributed by atoms with Crippen molar-refractivity contribution in [2.24, 2.45) is 11.7 Å². The van der Waals surface area contributed by atoms with Crippen molar-refractivity contribution in [3.63, 3.8) is 0 Å². The molecule has 1 saturated carbocycles. The zero-order valence-electron chi connectivity index (χ0n) is 12.4. The van der Waals surface area contributed by atoms with Crippen LogP contribution >= 0.6 is 0 Å². The second-order valence-corrected chi connectivity index (χ2v) is 5.81. The fourth-order valence-corrected chi connectivity index (χ4v) is 3.16. The lowest BCUT2D eigenvalue weighted by Gasteiger charge is -2.23. The molecular formula is C18H23N3. The van der Waals surface area contributed by atoms with Gasteiger partial charge in [-0.05, 0) is 30.9 Å². The zero-order chi connectivity index (χ0) is 14.5. The molecule has 1 aromatic heterocycles. The highest BCUT2D eigenvalue weighted by Gasteiger charge is 2.16. The molecule has 0 amide bonds. The van der Waals surface area contributed by atoms with E-state index in [0.29, 0.717) is 12.5 Å². The smallest absolute Gasteiger partial charge is 0.0645 e. The highest BCUT2D eigenvalue weighted by Crippen LogP contribution is 2.30. The first-order valence-electron chi connectivity index (χ1n) is 7.87. The molecule has 3 nitrogen and oxygen atoms in total. The van der Waals surface area contributed by atoms with Crippen molar-refractivity contribution in [3.05, 3.63) is 53.9 Å². The molecule has 1 aliphatic rings. The minimum atomic E-state index is 0.654. The van der Waals surface area contributed by atoms with Gasteiger partial charge in [0.2, 0.25) is 0 Å². The van der Waals surface area contributed by atoms with Crippen molar-refractivity contribution >= 4 is 6.08 Å². The standard InChI is InChI=1S/C18H23N3/c19-12-17(16-7-3-1-4-8-16)11-15-13-20-21(14-15)18-9-5-2-6-10-18/h2,5-6,9-11,13-14,16H,1,3-4,7-8,12,19H2/b17-11-. The summed E-state index contributed by atoms with van der Waals surface area (Å²) in [6.45, 7) is 0.654. The number of para-hydroxylation sites is 1. The highest BCUT2D eigenvalue weighted by atomic mass is 15.3. The number of nitrogens with two attached hydrogens (primary N) is 1. The van der Waals surface area contributed by atoms with Crippen molar-refractivity contribution < 1.29 is 0 Å². The molecule has 2 aromatic rings. The molecule has 1 aliphatic carbocycles. The quantitative estimate of drug-likeness (QED) is 0.926. The molecule has 0 saturated heterocycles. The maximum atomic E-state index is 5.97. The molecule has 1 heterocycles. The van der Waals surface area contributed by atoms with Gasteiger partial charge in [-0.2, -0.15) is 5.10 Å². The Balaban J connectivity index is 1.80. The van der Waals surface area contributed by atoms with Crippen LogP contribution in [0.2, 0.25) is 0 Å². The van der Waals surface area contributed by atoms with E-state index in [9.17, 15) is 0 Å². The minimum Gasteiger partial charge on any atom is -0.327 e. The number of benzene rings is 1. The van der Waals surface area contributed by atoms with Crippen molar-refractivity contribution in [2.45, 2.75) is 32.1 Å². The molecule has 0 atom stereocenters. The molecule has 2 N–H and O–H groups in total. The van der Waals surface area contributed by atoms with E-state index in [4.69, 9.17) is 5.73 Å². The van der Waals surface area contributed by atoms with Crippen LogP contribution in [0, 0.1) is 5.92 Å². The summed E-state index contributed by atoms with van der Waals surface area (Å²) < 4.78 is 1.92. The number of hydrogen-bond acceptors (Lipinski definition) is 2. The second-order valence-electron chi connectivity index (χ2n) is 5.81. The van der Waals surface area contributed by atoms with Gasteiger partial charge in [0.25, 0.3) is 0 Å². The van der Waals surface area contributed by atoms with E-state index < -0.39 is 0 Å². The molecule has 3 rings (SSSR count). The lowest BCUT2D eigenvalue weighted by molar-refractivity contribution is 0.401. The fourth-order valence-electron chi connectivity index (χ4n) is 3.16. The van der Waals surface area contributed by atoms with Crippen LogP contribution in [-0.4, -0.2) is 16.3 Å². The first-order valence-corrected chi connectivity index (χ1v) is 7.87. The fraction of sp³-hybridized carbons (Fsp3) is 0.389. The summed E-state index contributed by atoms with van der Waals surface area (Å²) in [5.41, 5.74) is 9.58. The molecule has 3 heteroatoms. The topological polar surface area (TPSA) is 43.8 Å². The molecule has 0 radical (unpaired) electrons. The number of aromatic nitrogens is 2. The molecule has 0 spiro atoms. The number of rotatable bonds is 4. The van der Waals surface area contributed by atoms with E-state index >= 15 is 0 Å². The Kier molecular flexibility index (Phi) is 4.51. The molecule has 1 fully saturated rings. The average molecular weight is 281 g/mol. The van der Waals surface area contributed by atoms with Gasteiger partial charge in [-0.1, -0.05) is 49.1 Å². The van der Waals surface area contributed by atoms with Crippen LogP contribution in [0.15, 0.2) is 48.3 Å². The van der Waals surface area contributed by atoms with Crippen molar-refractivity contribution in [3.8, 4) is 5.69 Å². The molecule has 0 aliphatic heterocycles. The van der Waals surface area contributed by atoms with Crippen LogP contribution in [0.1, 0.15) is 37.7 Å². The average Bonchev–Trinajstić information content (AvgIpc) is 3.03. The molecular weight excluding hydrogens is 258 g/mol. The maximum Gasteiger partial charge on any atom is 0.0645 e. The summed E-state index contributed by atoms with van der Waals surface area (Å²) in [6, 6.07) is 10.2. The van der Waals surface area contributed by atoms with Gasteiger partial charge in [0.05, 0.1) is 11.9 Å². The lowest BCUT2D eigenvalue weighted by atomic mass is 9.83. The SMILES string of the molecule is NC/C(=C/c1cnn(-c2ccccc2)c1)C1CCCCC1. The predicted molar refractivity (Wildman–Crippen MR) is 87.2 cm³/mol. The summed E-state index contributed by atoms with van der Waals surface area (Å²) in [6.07, 6.45) is 12.9. The van der Waals surface area contributed by atoms with Gasteiger partial charge < -0.3 is 5.73 Å². The van der Waals surface area contributed by atoms with Gasteiger partial charge in [0, 0.05) is 18.3 Å². The van der Waals surface area contributed by atoms with Gasteiger partial charge in [-0.3, -0.25) is 0 Å². The van der Waals surface area contributed by atoms with Crippen LogP contribution in [0.3, 0.4) is 0 Å². The van der Waals surface area contributed by atoms with E-state index in [0.717, 1.165) is 11.3 Å². The van der Waals surface area contributed by atoms with E-state index in [1.54, 1.807) is 0 Å². The van der Waals surface area contributed by atoms with Crippen LogP contribution < -0.4 is 5.73 Å². The third-order valence-electron chi connectivity index (χ3n) is 4.34. The Morgan fingerprint density at radius 1 is 1.19 bits per heavy atom. The predicted octanol–water partition coefficient (Wildman–Crippen LogP) is 3.79. The maximum absolute atomic E-state index is 5.97. The van der Waals surface area contributed by atoms with E-state index in [1.807, 2.05) is 29.1 Å². The molecule has 0 unspecified atom stereocenters. The first-order chi connectivity index (χ1) is 10.4. The van der Waals surface area contributed by atoms with E-state index in [2.05, 4.69) is 29.5 Å². The summed E-state index contributed by atoms with van der Waals surface area (Å²) >= 11 is 0. The van der Waals surface area contributed by atoms with Gasteiger partial charge in [0.15, 0.2) is 0 Å². The third kappa shape index (κ3) is 3.42. The van der Waals surface area contributed by atoms with Gasteiger partial charge >= 0.3 is 0 Å². The van der Waals surface area contributed by atoms with E-state index in [-0.39, 0.29) is 0 Å². The molecule has 0 bridgehead atoms. The van der Waals surface area contributed by atoms with Crippen LogP contribution in [0.25, 0.3) is 11.8 Å². The Hall–Kier alpha value is -1.87. The molecule has 21 heavy (non-hydrogen) atoms. The Labute approximate surface area is 126 Å². The largest absolute Gasteiger partial charge is 0.327 e. The summed E-state index contributed by atoms with van der Waals surface area (Å²) in [5.74, 6) is 0.670. The van der Waals surface area contributed by atoms with Crippen molar-refractivity contribution in [1.29, 1.82) is 0 Å². The third-order valence-corrected chi connectivity index (χ3v) is 4.34. The Morgan fingerprint density at radius 2 is 1.95 bits per heavy atom. The second kappa shape index (κ2) is 6.72. The number of hydrogen-bond donors (Lipinski definition) is 1. The zero-order valence-corrected chi connectivity index (χ0v) is 12.4. The van der Waals surface area contributed by atoms with Crippen LogP contribution in [-0.2, 0) is 0 Å². The Morgan fingerprint density at radius 3 is 2.67 bits per heavy atom. The first kappa shape index (κ1) is 14.1. The van der Waals surface area contributed by atoms with Crippen molar-refractivity contribution in [2.75, 3.05) is 6.54 Å². The summed E-state index contributed by atoms with van der Waals surface area (Å²) in [4.78, 5) is 0. The van der Waals surface area contributed by atoms with Gasteiger partial charge in [-0.25, -0.2) is 4.68 Å². The lowest BCUT2D eigenvalue weighted by Crippen LogP contribution is -2.15. The van der Waals surface area contributed by atoms with Crippen molar-refractivity contribution in [1.82, 2.24) is 9.78 Å². The van der Waals surface area contributed by atoms with Gasteiger partial charge in [-0.15, -0.1) is 0 Å². The van der Waals surface area contributed by atoms with Crippen LogP contribution in [0.5, 0.6) is 0 Å². The Bertz CT molecular complexity index is 592. The van der Waals surface area contributed by atoms with E-state index in [1.165, 1.54) is 37.7 Å². The summed E-state index contributed by atoms with van der Waals surface area (Å²) in [7, 11) is 0. The summed E-state index contributed by atoms with van der Waals surface area (Å²) in [5, 5.41) is 4.45.